The molecule has 162 valence electrons. The number of hydrogen-bond donors (Lipinski definition) is 1. The molecule has 0 fully saturated rings. The molecule has 0 saturated carbocycles. The Morgan fingerprint density at radius 3 is 2.56 bits per heavy atom. The molecule has 2 heterocycles. The molecule has 4 rings (SSSR count). The van der Waals surface area contributed by atoms with Crippen LogP contribution < -0.4 is 15.6 Å². The first-order valence-electron chi connectivity index (χ1n) is 9.41. The Hall–Kier alpha value is -4.14. The third kappa shape index (κ3) is 4.31. The molecule has 1 amide bonds. The molecule has 0 spiro atoms. The van der Waals surface area contributed by atoms with E-state index in [4.69, 9.17) is 9.15 Å². The van der Waals surface area contributed by atoms with Crippen LogP contribution in [0.2, 0.25) is 0 Å². The van der Waals surface area contributed by atoms with Crippen LogP contribution in [0, 0.1) is 0 Å². The molecule has 6 nitrogen and oxygen atoms in total. The average molecular weight is 439 g/mol. The van der Waals surface area contributed by atoms with Crippen molar-refractivity contribution in [1.29, 1.82) is 0 Å². The molecule has 0 unspecified atom stereocenters. The quantitative estimate of drug-likeness (QED) is 0.466. The molecule has 1 N–H and O–H groups in total. The van der Waals surface area contributed by atoms with Crippen LogP contribution in [-0.4, -0.2) is 18.0 Å². The summed E-state index contributed by atoms with van der Waals surface area (Å²) >= 11 is 0. The van der Waals surface area contributed by atoms with Crippen LogP contribution in [0.1, 0.15) is 15.9 Å². The van der Waals surface area contributed by atoms with Gasteiger partial charge in [-0.05, 0) is 36.4 Å². The Bertz CT molecular complexity index is 1350. The van der Waals surface area contributed by atoms with Gasteiger partial charge in [-0.15, -0.1) is 0 Å². The van der Waals surface area contributed by atoms with Crippen molar-refractivity contribution in [1.82, 2.24) is 4.98 Å². The van der Waals surface area contributed by atoms with Crippen molar-refractivity contribution in [2.45, 2.75) is 6.18 Å². The smallest absolute Gasteiger partial charge is 0.418 e. The summed E-state index contributed by atoms with van der Waals surface area (Å²) in [4.78, 5) is 21.1. The van der Waals surface area contributed by atoms with E-state index in [1.165, 1.54) is 37.6 Å². The van der Waals surface area contributed by atoms with Crippen LogP contribution >= 0.6 is 0 Å². The summed E-state index contributed by atoms with van der Waals surface area (Å²) in [7, 11) is 1.43. The first-order chi connectivity index (χ1) is 15.4. The minimum atomic E-state index is -4.63. The number of rotatable bonds is 4. The van der Waals surface area contributed by atoms with E-state index in [0.29, 0.717) is 11.1 Å². The lowest BCUT2D eigenvalue weighted by molar-refractivity contribution is -0.137. The molecule has 32 heavy (non-hydrogen) atoms. The predicted octanol–water partition coefficient (Wildman–Crippen LogP) is 5.34. The third-order valence-electron chi connectivity index (χ3n) is 4.54. The number of halogens is 3. The normalized spacial score (nSPS) is 12.1. The zero-order chi connectivity index (χ0) is 22.7. The van der Waals surface area contributed by atoms with Gasteiger partial charge in [0, 0.05) is 11.6 Å². The van der Waals surface area contributed by atoms with Gasteiger partial charge in [0.05, 0.1) is 18.4 Å². The van der Waals surface area contributed by atoms with Crippen LogP contribution in [0.15, 0.2) is 82.3 Å². The lowest BCUT2D eigenvalue weighted by atomic mass is 10.1. The van der Waals surface area contributed by atoms with Gasteiger partial charge >= 0.3 is 6.18 Å². The number of ether oxygens (including phenoxy) is 1. The maximum atomic E-state index is 13.5. The number of carbonyl (C=O) groups is 1. The van der Waals surface area contributed by atoms with Crippen molar-refractivity contribution in [2.75, 3.05) is 12.4 Å². The fraction of sp³-hybridized carbons (Fsp3) is 0.0870. The minimum absolute atomic E-state index is 0.0617. The van der Waals surface area contributed by atoms with Gasteiger partial charge in [0.25, 0.3) is 5.91 Å². The van der Waals surface area contributed by atoms with Gasteiger partial charge in [0.2, 0.25) is 5.55 Å². The Labute approximate surface area is 180 Å². The monoisotopic (exact) mass is 439 g/mol. The van der Waals surface area contributed by atoms with Crippen molar-refractivity contribution in [3.8, 4) is 5.75 Å². The number of para-hydroxylation sites is 2. The van der Waals surface area contributed by atoms with E-state index < -0.39 is 17.6 Å². The van der Waals surface area contributed by atoms with Gasteiger partial charge in [-0.3, -0.25) is 4.79 Å². The second kappa shape index (κ2) is 8.54. The Morgan fingerprint density at radius 1 is 1.06 bits per heavy atom. The van der Waals surface area contributed by atoms with E-state index >= 15 is 0 Å². The highest BCUT2D eigenvalue weighted by molar-refractivity contribution is 6.05. The second-order valence-corrected chi connectivity index (χ2v) is 6.64. The number of hydrogen-bond acceptors (Lipinski definition) is 5. The highest BCUT2D eigenvalue weighted by atomic mass is 19.4. The number of pyridine rings is 1. The number of nitrogens with zero attached hydrogens (tertiary/aromatic N) is 2. The Morgan fingerprint density at radius 2 is 1.84 bits per heavy atom. The summed E-state index contributed by atoms with van der Waals surface area (Å²) < 4.78 is 51.5. The molecular weight excluding hydrogens is 423 g/mol. The zero-order valence-electron chi connectivity index (χ0n) is 16.7. The number of carbonyl (C=O) groups excluding carboxylic acids is 1. The van der Waals surface area contributed by atoms with Crippen molar-refractivity contribution >= 4 is 28.4 Å². The SMILES string of the molecule is COc1cccc2cc(C(=O)Nc3ccccn3)c(=Nc3ccccc3C(F)(F)F)oc12. The van der Waals surface area contributed by atoms with Gasteiger partial charge in [0.15, 0.2) is 11.3 Å². The van der Waals surface area contributed by atoms with E-state index in [0.717, 1.165) is 6.07 Å². The number of nitrogens with one attached hydrogen (secondary N) is 1. The van der Waals surface area contributed by atoms with Crippen LogP contribution in [0.25, 0.3) is 11.0 Å². The number of fused-ring (bicyclic) bond motifs is 1. The molecule has 0 atom stereocenters. The number of anilines is 1. The molecule has 0 saturated heterocycles. The van der Waals surface area contributed by atoms with E-state index in [1.807, 2.05) is 0 Å². The lowest BCUT2D eigenvalue weighted by Crippen LogP contribution is -2.22. The van der Waals surface area contributed by atoms with Gasteiger partial charge in [-0.1, -0.05) is 30.3 Å². The summed E-state index contributed by atoms with van der Waals surface area (Å²) in [5.74, 6) is -0.0231. The number of alkyl halides is 3. The average Bonchev–Trinajstić information content (AvgIpc) is 2.78. The maximum Gasteiger partial charge on any atom is 0.418 e. The van der Waals surface area contributed by atoms with Crippen LogP contribution in [0.3, 0.4) is 0 Å². The van der Waals surface area contributed by atoms with E-state index in [-0.39, 0.29) is 28.2 Å². The lowest BCUT2D eigenvalue weighted by Gasteiger charge is -2.10. The Balaban J connectivity index is 1.95. The van der Waals surface area contributed by atoms with Crippen LogP contribution in [0.5, 0.6) is 5.75 Å². The predicted molar refractivity (Wildman–Crippen MR) is 112 cm³/mol. The van der Waals surface area contributed by atoms with Crippen LogP contribution in [0.4, 0.5) is 24.7 Å². The largest absolute Gasteiger partial charge is 0.493 e. The first-order valence-corrected chi connectivity index (χ1v) is 9.41. The number of amides is 1. The van der Waals surface area contributed by atoms with Gasteiger partial charge in [0.1, 0.15) is 11.4 Å². The summed E-state index contributed by atoms with van der Waals surface area (Å²) in [6.45, 7) is 0. The highest BCUT2D eigenvalue weighted by Crippen LogP contribution is 2.36. The van der Waals surface area contributed by atoms with E-state index in [9.17, 15) is 18.0 Å². The van der Waals surface area contributed by atoms with Gasteiger partial charge in [-0.25, -0.2) is 9.98 Å². The van der Waals surface area contributed by atoms with Crippen molar-refractivity contribution in [2.24, 2.45) is 4.99 Å². The van der Waals surface area contributed by atoms with Crippen LogP contribution in [-0.2, 0) is 6.18 Å². The highest BCUT2D eigenvalue weighted by Gasteiger charge is 2.33. The molecular formula is C23H16F3N3O3. The summed E-state index contributed by atoms with van der Waals surface area (Å²) in [5, 5.41) is 3.11. The maximum absolute atomic E-state index is 13.5. The molecule has 9 heteroatoms. The summed E-state index contributed by atoms with van der Waals surface area (Å²) in [6, 6.07) is 16.2. The fourth-order valence-corrected chi connectivity index (χ4v) is 3.07. The molecule has 2 aromatic heterocycles. The molecule has 2 aromatic carbocycles. The van der Waals surface area contributed by atoms with E-state index in [1.54, 1.807) is 36.4 Å². The standard InChI is InChI=1S/C23H16F3N3O3/c1-31-18-10-6-7-14-13-15(21(30)29-19-11-4-5-12-27-19)22(32-20(14)18)28-17-9-3-2-8-16(17)23(24,25)26/h2-13H,1H3,(H,27,29,30). The minimum Gasteiger partial charge on any atom is -0.493 e. The number of methoxy groups -OCH3 is 1. The number of benzene rings is 2. The molecule has 0 radical (unpaired) electrons. The zero-order valence-corrected chi connectivity index (χ0v) is 16.7. The summed E-state index contributed by atoms with van der Waals surface area (Å²) in [6.07, 6.45) is -3.14. The third-order valence-corrected chi connectivity index (χ3v) is 4.54. The second-order valence-electron chi connectivity index (χ2n) is 6.64. The molecule has 4 aromatic rings. The topological polar surface area (TPSA) is 76.7 Å². The molecule has 0 aliphatic heterocycles. The first kappa shape index (κ1) is 21.1. The fourth-order valence-electron chi connectivity index (χ4n) is 3.07. The van der Waals surface area contributed by atoms with Crippen molar-refractivity contribution in [3.05, 3.63) is 89.6 Å². The van der Waals surface area contributed by atoms with Gasteiger partial charge < -0.3 is 14.5 Å². The summed E-state index contributed by atoms with van der Waals surface area (Å²) in [5.41, 5.74) is -1.45. The molecule has 0 aliphatic carbocycles. The Kier molecular flexibility index (Phi) is 5.63. The van der Waals surface area contributed by atoms with Gasteiger partial charge in [-0.2, -0.15) is 13.2 Å². The van der Waals surface area contributed by atoms with Crippen molar-refractivity contribution < 1.29 is 27.1 Å². The molecule has 0 bridgehead atoms. The molecule has 0 aliphatic rings. The number of aromatic nitrogens is 1. The van der Waals surface area contributed by atoms with E-state index in [2.05, 4.69) is 15.3 Å². The van der Waals surface area contributed by atoms with Crippen molar-refractivity contribution in [3.63, 3.8) is 0 Å².